The predicted octanol–water partition coefficient (Wildman–Crippen LogP) is 0.915. The number of fused-ring (bicyclic) bond motifs is 2. The van der Waals surface area contributed by atoms with E-state index in [2.05, 4.69) is 4.99 Å². The third-order valence-corrected chi connectivity index (χ3v) is 2.42. The van der Waals surface area contributed by atoms with E-state index in [9.17, 15) is 4.79 Å². The molecule has 1 heterocycles. The van der Waals surface area contributed by atoms with Crippen molar-refractivity contribution in [3.8, 4) is 0 Å². The molecule has 0 unspecified atom stereocenters. The zero-order valence-corrected chi connectivity index (χ0v) is 8.62. The van der Waals surface area contributed by atoms with Crippen LogP contribution in [-0.2, 0) is 4.79 Å². The molecule has 74 valence electrons. The molecule has 2 nitrogen and oxygen atoms in total. The first-order chi connectivity index (χ1) is 6.86. The van der Waals surface area contributed by atoms with Gasteiger partial charge in [0.1, 0.15) is 0 Å². The van der Waals surface area contributed by atoms with Crippen LogP contribution in [0.5, 0.6) is 0 Å². The maximum atomic E-state index is 11.6. The van der Waals surface area contributed by atoms with Gasteiger partial charge in [-0.05, 0) is 18.2 Å². The van der Waals surface area contributed by atoms with Gasteiger partial charge in [0.2, 0.25) is 0 Å². The van der Waals surface area contributed by atoms with E-state index < -0.39 is 0 Å². The fourth-order valence-electron chi connectivity index (χ4n) is 1.80. The van der Waals surface area contributed by atoms with E-state index in [1.54, 1.807) is 12.2 Å². The lowest BCUT2D eigenvalue weighted by molar-refractivity contribution is -0.109. The van der Waals surface area contributed by atoms with Gasteiger partial charge < -0.3 is 0 Å². The Bertz CT molecular complexity index is 611. The van der Waals surface area contributed by atoms with Gasteiger partial charge in [0, 0.05) is 5.22 Å². The molecular weight excluding hydrogens is 210 g/mol. The van der Waals surface area contributed by atoms with Crippen molar-refractivity contribution in [1.29, 1.82) is 0 Å². The minimum atomic E-state index is 0. The van der Waals surface area contributed by atoms with Crippen LogP contribution in [0, 0.1) is 0 Å². The van der Waals surface area contributed by atoms with Gasteiger partial charge in [-0.25, -0.2) is 4.99 Å². The molecule has 3 heteroatoms. The Morgan fingerprint density at radius 1 is 1.13 bits per heavy atom. The smallest absolute Gasteiger partial charge is 0.188 e. The largest absolute Gasteiger partial charge is 0.289 e. The molecule has 0 aromatic heterocycles. The quantitative estimate of drug-likeness (QED) is 0.636. The number of benzene rings is 1. The summed E-state index contributed by atoms with van der Waals surface area (Å²) in [6.45, 7) is 0. The molecule has 0 radical (unpaired) electrons. The van der Waals surface area contributed by atoms with Crippen molar-refractivity contribution in [3.63, 3.8) is 0 Å². The number of hydrogen-bond acceptors (Lipinski definition) is 2. The van der Waals surface area contributed by atoms with E-state index in [4.69, 9.17) is 0 Å². The maximum Gasteiger partial charge on any atom is 0.188 e. The minimum absolute atomic E-state index is 0. The molecule has 0 atom stereocenters. The molecule has 0 saturated carbocycles. The number of carbonyl (C=O) groups is 1. The summed E-state index contributed by atoms with van der Waals surface area (Å²) in [6, 6.07) is 7.72. The number of ketones is 1. The SMILES string of the molecule is Cl.O=C1C=CC=C2N=c3ccccc3=C12. The van der Waals surface area contributed by atoms with Crippen LogP contribution in [0.15, 0.2) is 53.2 Å². The Morgan fingerprint density at radius 2 is 1.93 bits per heavy atom. The third-order valence-electron chi connectivity index (χ3n) is 2.42. The summed E-state index contributed by atoms with van der Waals surface area (Å²) < 4.78 is 0. The predicted molar refractivity (Wildman–Crippen MR) is 60.1 cm³/mol. The van der Waals surface area contributed by atoms with Gasteiger partial charge in [-0.2, -0.15) is 0 Å². The van der Waals surface area contributed by atoms with E-state index in [1.807, 2.05) is 30.3 Å². The highest BCUT2D eigenvalue weighted by Gasteiger charge is 2.19. The molecule has 0 amide bonds. The van der Waals surface area contributed by atoms with Crippen molar-refractivity contribution in [2.45, 2.75) is 0 Å². The third kappa shape index (κ3) is 1.34. The molecule has 0 spiro atoms. The van der Waals surface area contributed by atoms with Crippen LogP contribution in [0.4, 0.5) is 0 Å². The minimum Gasteiger partial charge on any atom is -0.289 e. The average Bonchev–Trinajstić information content (AvgIpc) is 2.57. The molecule has 1 aromatic rings. The monoisotopic (exact) mass is 217 g/mol. The van der Waals surface area contributed by atoms with Crippen LogP contribution in [0.2, 0.25) is 0 Å². The van der Waals surface area contributed by atoms with Crippen molar-refractivity contribution in [2.24, 2.45) is 4.99 Å². The molecule has 1 aliphatic carbocycles. The molecule has 15 heavy (non-hydrogen) atoms. The van der Waals surface area contributed by atoms with Crippen LogP contribution in [-0.4, -0.2) is 5.78 Å². The Balaban J connectivity index is 0.000000853. The number of para-hydroxylation sites is 1. The summed E-state index contributed by atoms with van der Waals surface area (Å²) in [5.74, 6) is 0.0520. The molecule has 2 aliphatic rings. The first kappa shape index (κ1) is 9.87. The maximum absolute atomic E-state index is 11.6. The Morgan fingerprint density at radius 3 is 2.80 bits per heavy atom. The topological polar surface area (TPSA) is 29.4 Å². The van der Waals surface area contributed by atoms with Crippen molar-refractivity contribution < 1.29 is 4.79 Å². The second-order valence-corrected chi connectivity index (χ2v) is 3.28. The summed E-state index contributed by atoms with van der Waals surface area (Å²) in [7, 11) is 0. The zero-order valence-electron chi connectivity index (χ0n) is 7.81. The van der Waals surface area contributed by atoms with Crippen LogP contribution >= 0.6 is 12.4 Å². The van der Waals surface area contributed by atoms with E-state index in [0.717, 1.165) is 21.8 Å². The standard InChI is InChI=1S/C12H7NO.ClH/c14-11-7-3-6-10-12(11)8-4-1-2-5-9(8)13-10;/h1-7H;1H. The highest BCUT2D eigenvalue weighted by atomic mass is 35.5. The zero-order chi connectivity index (χ0) is 9.54. The van der Waals surface area contributed by atoms with Gasteiger partial charge >= 0.3 is 0 Å². The van der Waals surface area contributed by atoms with Gasteiger partial charge in [0.05, 0.1) is 16.6 Å². The molecule has 0 bridgehead atoms. The highest BCUT2D eigenvalue weighted by molar-refractivity contribution is 6.27. The number of halogens is 1. The van der Waals surface area contributed by atoms with Gasteiger partial charge in [0.15, 0.2) is 5.78 Å². The fourth-order valence-corrected chi connectivity index (χ4v) is 1.80. The van der Waals surface area contributed by atoms with E-state index in [1.165, 1.54) is 0 Å². The van der Waals surface area contributed by atoms with Crippen molar-refractivity contribution >= 4 is 23.8 Å². The Hall–Kier alpha value is -1.67. The lowest BCUT2D eigenvalue weighted by Crippen LogP contribution is -2.24. The lowest BCUT2D eigenvalue weighted by atomic mass is 10.0. The summed E-state index contributed by atoms with van der Waals surface area (Å²) in [6.07, 6.45) is 5.20. The normalized spacial score (nSPS) is 16.1. The first-order valence-corrected chi connectivity index (χ1v) is 4.47. The second kappa shape index (κ2) is 3.48. The number of carbonyl (C=O) groups excluding carboxylic acids is 1. The summed E-state index contributed by atoms with van der Waals surface area (Å²) in [5, 5.41) is 1.85. The highest BCUT2D eigenvalue weighted by Crippen LogP contribution is 2.18. The average molecular weight is 218 g/mol. The van der Waals surface area contributed by atoms with Crippen LogP contribution < -0.4 is 10.6 Å². The van der Waals surface area contributed by atoms with Crippen LogP contribution in [0.1, 0.15) is 0 Å². The fraction of sp³-hybridized carbons (Fsp3) is 0. The molecule has 1 aliphatic heterocycles. The number of hydrogen-bond donors (Lipinski definition) is 0. The molecule has 0 N–H and O–H groups in total. The first-order valence-electron chi connectivity index (χ1n) is 4.47. The Kier molecular flexibility index (Phi) is 2.29. The Labute approximate surface area is 92.8 Å². The van der Waals surface area contributed by atoms with Crippen LogP contribution in [0.3, 0.4) is 0 Å². The molecule has 0 fully saturated rings. The number of nitrogens with zero attached hydrogens (tertiary/aromatic N) is 1. The van der Waals surface area contributed by atoms with Crippen molar-refractivity contribution in [2.75, 3.05) is 0 Å². The van der Waals surface area contributed by atoms with Gasteiger partial charge in [-0.15, -0.1) is 12.4 Å². The van der Waals surface area contributed by atoms with Crippen molar-refractivity contribution in [1.82, 2.24) is 0 Å². The van der Waals surface area contributed by atoms with Gasteiger partial charge in [0.25, 0.3) is 0 Å². The molecule has 0 saturated heterocycles. The summed E-state index contributed by atoms with van der Waals surface area (Å²) in [5.41, 5.74) is 1.53. The lowest BCUT2D eigenvalue weighted by Gasteiger charge is -2.02. The molecule has 1 aromatic carbocycles. The second-order valence-electron chi connectivity index (χ2n) is 3.28. The van der Waals surface area contributed by atoms with E-state index in [0.29, 0.717) is 0 Å². The van der Waals surface area contributed by atoms with Crippen molar-refractivity contribution in [3.05, 3.63) is 58.8 Å². The van der Waals surface area contributed by atoms with Gasteiger partial charge in [-0.3, -0.25) is 4.79 Å². The van der Waals surface area contributed by atoms with Gasteiger partial charge in [-0.1, -0.05) is 24.3 Å². The summed E-state index contributed by atoms with van der Waals surface area (Å²) in [4.78, 5) is 16.0. The summed E-state index contributed by atoms with van der Waals surface area (Å²) >= 11 is 0. The van der Waals surface area contributed by atoms with E-state index in [-0.39, 0.29) is 18.2 Å². The van der Waals surface area contributed by atoms with E-state index >= 15 is 0 Å². The number of rotatable bonds is 0. The number of allylic oxidation sites excluding steroid dienone is 4. The van der Waals surface area contributed by atoms with Crippen LogP contribution in [0.25, 0.3) is 5.57 Å². The molecular formula is C12H8ClNO. The molecule has 3 rings (SSSR count).